The van der Waals surface area contributed by atoms with Gasteiger partial charge in [0, 0.05) is 4.47 Å². The molecule has 1 nitrogen and oxygen atoms in total. The number of benzene rings is 2. The fourth-order valence-electron chi connectivity index (χ4n) is 1.66. The zero-order chi connectivity index (χ0) is 13.1. The molecule has 0 heterocycles. The van der Waals surface area contributed by atoms with Crippen molar-refractivity contribution >= 4 is 27.5 Å². The number of rotatable bonds is 3. The van der Waals surface area contributed by atoms with Crippen LogP contribution in [-0.4, -0.2) is 7.11 Å². The summed E-state index contributed by atoms with van der Waals surface area (Å²) in [6.45, 7) is 0. The summed E-state index contributed by atoms with van der Waals surface area (Å²) in [6.07, 6.45) is 0. The van der Waals surface area contributed by atoms with Crippen LogP contribution in [0.2, 0.25) is 0 Å². The first-order valence-corrected chi connectivity index (χ1v) is 6.57. The van der Waals surface area contributed by atoms with Crippen LogP contribution in [0.5, 0.6) is 5.75 Å². The summed E-state index contributed by atoms with van der Waals surface area (Å²) in [7, 11) is 1.44. The van der Waals surface area contributed by atoms with Crippen LogP contribution in [0.15, 0.2) is 46.9 Å². The summed E-state index contributed by atoms with van der Waals surface area (Å²) < 4.78 is 19.5. The van der Waals surface area contributed by atoms with E-state index in [9.17, 15) is 4.39 Å². The van der Waals surface area contributed by atoms with Crippen molar-refractivity contribution in [3.8, 4) is 5.75 Å². The Hall–Kier alpha value is -1.06. The van der Waals surface area contributed by atoms with Gasteiger partial charge in [0.25, 0.3) is 0 Å². The quantitative estimate of drug-likeness (QED) is 0.726. The number of alkyl halides is 1. The molecule has 4 heteroatoms. The molecule has 94 valence electrons. The molecular weight excluding hydrogens is 319 g/mol. The van der Waals surface area contributed by atoms with Gasteiger partial charge in [-0.1, -0.05) is 34.1 Å². The molecule has 0 aromatic heterocycles. The van der Waals surface area contributed by atoms with E-state index in [1.165, 1.54) is 13.2 Å². The topological polar surface area (TPSA) is 9.23 Å². The lowest BCUT2D eigenvalue weighted by Gasteiger charge is -2.11. The third kappa shape index (κ3) is 2.85. The van der Waals surface area contributed by atoms with Gasteiger partial charge in [-0.2, -0.15) is 0 Å². The molecule has 2 rings (SSSR count). The van der Waals surface area contributed by atoms with Crippen molar-refractivity contribution in [3.05, 3.63) is 63.9 Å². The first kappa shape index (κ1) is 13.4. The van der Waals surface area contributed by atoms with Crippen LogP contribution in [0, 0.1) is 5.82 Å². The molecule has 0 saturated heterocycles. The molecule has 1 unspecified atom stereocenters. The van der Waals surface area contributed by atoms with Gasteiger partial charge in [0.2, 0.25) is 0 Å². The van der Waals surface area contributed by atoms with Gasteiger partial charge in [0.15, 0.2) is 11.6 Å². The molecule has 18 heavy (non-hydrogen) atoms. The molecule has 0 N–H and O–H groups in total. The van der Waals surface area contributed by atoms with Crippen molar-refractivity contribution in [2.24, 2.45) is 0 Å². The van der Waals surface area contributed by atoms with Crippen molar-refractivity contribution in [2.75, 3.05) is 7.11 Å². The summed E-state index contributed by atoms with van der Waals surface area (Å²) >= 11 is 9.69. The Balaban J connectivity index is 2.31. The van der Waals surface area contributed by atoms with Crippen LogP contribution in [0.3, 0.4) is 0 Å². The molecule has 0 aliphatic rings. The Labute approximate surface area is 119 Å². The molecule has 0 radical (unpaired) electrons. The highest BCUT2D eigenvalue weighted by molar-refractivity contribution is 9.10. The van der Waals surface area contributed by atoms with E-state index in [1.54, 1.807) is 12.1 Å². The Morgan fingerprint density at radius 1 is 1.11 bits per heavy atom. The second-order valence-electron chi connectivity index (χ2n) is 3.81. The lowest BCUT2D eigenvalue weighted by Crippen LogP contribution is -1.95. The average molecular weight is 330 g/mol. The van der Waals surface area contributed by atoms with Crippen LogP contribution < -0.4 is 4.74 Å². The summed E-state index contributed by atoms with van der Waals surface area (Å²) in [4.78, 5) is 0. The molecule has 2 aromatic rings. The average Bonchev–Trinajstić information content (AvgIpc) is 2.38. The summed E-state index contributed by atoms with van der Waals surface area (Å²) in [5, 5.41) is -0.376. The van der Waals surface area contributed by atoms with Crippen LogP contribution in [0.4, 0.5) is 4.39 Å². The van der Waals surface area contributed by atoms with Gasteiger partial charge in [-0.15, -0.1) is 11.6 Å². The predicted octanol–water partition coefficient (Wildman–Crippen LogP) is 4.93. The zero-order valence-electron chi connectivity index (χ0n) is 9.66. The Kier molecular flexibility index (Phi) is 4.25. The van der Waals surface area contributed by atoms with Crippen molar-refractivity contribution in [2.45, 2.75) is 5.38 Å². The Morgan fingerprint density at radius 2 is 1.72 bits per heavy atom. The molecule has 0 aliphatic heterocycles. The van der Waals surface area contributed by atoms with Crippen molar-refractivity contribution in [3.63, 3.8) is 0 Å². The summed E-state index contributed by atoms with van der Waals surface area (Å²) in [6, 6.07) is 12.4. The van der Waals surface area contributed by atoms with Crippen molar-refractivity contribution in [1.29, 1.82) is 0 Å². The highest BCUT2D eigenvalue weighted by Gasteiger charge is 2.13. The standard InChI is InChI=1S/C14H11BrClFO/c1-18-13-7-4-10(8-12(13)17)14(16)9-2-5-11(15)6-3-9/h2-8,14H,1H3. The maximum atomic E-state index is 13.6. The van der Waals surface area contributed by atoms with Gasteiger partial charge >= 0.3 is 0 Å². The van der Waals surface area contributed by atoms with Gasteiger partial charge in [0.05, 0.1) is 12.5 Å². The zero-order valence-corrected chi connectivity index (χ0v) is 12.0. The number of hydrogen-bond donors (Lipinski definition) is 0. The molecule has 0 saturated carbocycles. The summed E-state index contributed by atoms with van der Waals surface area (Å²) in [5.41, 5.74) is 1.63. The largest absolute Gasteiger partial charge is 0.494 e. The Morgan fingerprint density at radius 3 is 2.28 bits per heavy atom. The van der Waals surface area contributed by atoms with E-state index in [0.717, 1.165) is 10.0 Å². The highest BCUT2D eigenvalue weighted by atomic mass is 79.9. The molecule has 1 atom stereocenters. The first-order valence-electron chi connectivity index (χ1n) is 5.35. The molecule has 0 amide bonds. The van der Waals surface area contributed by atoms with E-state index in [4.69, 9.17) is 16.3 Å². The van der Waals surface area contributed by atoms with Crippen LogP contribution in [-0.2, 0) is 0 Å². The molecule has 0 aliphatic carbocycles. The highest BCUT2D eigenvalue weighted by Crippen LogP contribution is 2.31. The number of halogens is 3. The van der Waals surface area contributed by atoms with E-state index >= 15 is 0 Å². The third-order valence-electron chi connectivity index (χ3n) is 2.63. The van der Waals surface area contributed by atoms with Gasteiger partial charge in [-0.25, -0.2) is 4.39 Å². The minimum Gasteiger partial charge on any atom is -0.494 e. The van der Waals surface area contributed by atoms with Gasteiger partial charge in [-0.05, 0) is 35.4 Å². The number of methoxy groups -OCH3 is 1. The summed E-state index contributed by atoms with van der Waals surface area (Å²) in [5.74, 6) is -0.184. The minimum atomic E-state index is -0.405. The van der Waals surface area contributed by atoms with Crippen molar-refractivity contribution < 1.29 is 9.13 Å². The first-order chi connectivity index (χ1) is 8.61. The lowest BCUT2D eigenvalue weighted by molar-refractivity contribution is 0.386. The predicted molar refractivity (Wildman–Crippen MR) is 74.8 cm³/mol. The maximum Gasteiger partial charge on any atom is 0.165 e. The van der Waals surface area contributed by atoms with Crippen molar-refractivity contribution in [1.82, 2.24) is 0 Å². The van der Waals surface area contributed by atoms with Crippen LogP contribution in [0.25, 0.3) is 0 Å². The fourth-order valence-corrected chi connectivity index (χ4v) is 2.21. The van der Waals surface area contributed by atoms with Crippen LogP contribution >= 0.6 is 27.5 Å². The van der Waals surface area contributed by atoms with Gasteiger partial charge in [0.1, 0.15) is 0 Å². The third-order valence-corrected chi connectivity index (χ3v) is 3.66. The van der Waals surface area contributed by atoms with Gasteiger partial charge < -0.3 is 4.74 Å². The molecule has 0 bridgehead atoms. The van der Waals surface area contributed by atoms with E-state index in [0.29, 0.717) is 5.56 Å². The van der Waals surface area contributed by atoms with E-state index in [-0.39, 0.29) is 11.1 Å². The van der Waals surface area contributed by atoms with E-state index in [2.05, 4.69) is 15.9 Å². The smallest absolute Gasteiger partial charge is 0.165 e. The molecule has 0 fully saturated rings. The SMILES string of the molecule is COc1ccc(C(Cl)c2ccc(Br)cc2)cc1F. The van der Waals surface area contributed by atoms with E-state index < -0.39 is 5.82 Å². The minimum absolute atomic E-state index is 0.221. The molecule has 2 aromatic carbocycles. The van der Waals surface area contributed by atoms with E-state index in [1.807, 2.05) is 24.3 Å². The number of hydrogen-bond acceptors (Lipinski definition) is 1. The second-order valence-corrected chi connectivity index (χ2v) is 5.16. The van der Waals surface area contributed by atoms with Gasteiger partial charge in [-0.3, -0.25) is 0 Å². The monoisotopic (exact) mass is 328 g/mol. The second kappa shape index (κ2) is 5.72. The molecular formula is C14H11BrClFO. The number of ether oxygens (including phenoxy) is 1. The normalized spacial score (nSPS) is 12.2. The lowest BCUT2D eigenvalue weighted by atomic mass is 10.0. The fraction of sp³-hybridized carbons (Fsp3) is 0.143. The Bertz CT molecular complexity index is 542. The molecule has 0 spiro atoms. The van der Waals surface area contributed by atoms with Crippen LogP contribution in [0.1, 0.15) is 16.5 Å². The maximum absolute atomic E-state index is 13.6.